The van der Waals surface area contributed by atoms with E-state index in [0.717, 1.165) is 0 Å². The molecule has 0 aliphatic rings. The molecule has 88 valence electrons. The van der Waals surface area contributed by atoms with Gasteiger partial charge in [0.15, 0.2) is 0 Å². The molecule has 0 fully saturated rings. The van der Waals surface area contributed by atoms with Crippen LogP contribution in [0.2, 0.25) is 0 Å². The first-order valence-corrected chi connectivity index (χ1v) is 4.99. The molecule has 4 heteroatoms. The minimum Gasteiger partial charge on any atom is -0.465 e. The number of carbonyl (C=O) groups excluding carboxylic acids is 1. The second kappa shape index (κ2) is 4.51. The SMILES string of the molecule is COC(=O)c1ccc(NC(C)(C)C)cc1F. The van der Waals surface area contributed by atoms with Gasteiger partial charge in [-0.15, -0.1) is 0 Å². The van der Waals surface area contributed by atoms with Gasteiger partial charge in [-0.2, -0.15) is 0 Å². The summed E-state index contributed by atoms with van der Waals surface area (Å²) in [6.07, 6.45) is 0. The first kappa shape index (κ1) is 12.5. The van der Waals surface area contributed by atoms with Gasteiger partial charge < -0.3 is 10.1 Å². The molecule has 0 saturated heterocycles. The lowest BCUT2D eigenvalue weighted by molar-refractivity contribution is 0.0595. The van der Waals surface area contributed by atoms with Gasteiger partial charge in [0.05, 0.1) is 12.7 Å². The third kappa shape index (κ3) is 3.22. The fourth-order valence-electron chi connectivity index (χ4n) is 1.30. The van der Waals surface area contributed by atoms with E-state index in [1.54, 1.807) is 6.07 Å². The molecule has 16 heavy (non-hydrogen) atoms. The minimum absolute atomic E-state index is 0.0537. The summed E-state index contributed by atoms with van der Waals surface area (Å²) >= 11 is 0. The molecule has 0 saturated carbocycles. The Bertz CT molecular complexity index is 396. The third-order valence-corrected chi connectivity index (χ3v) is 1.89. The molecule has 0 bridgehead atoms. The Morgan fingerprint density at radius 1 is 1.38 bits per heavy atom. The number of rotatable bonds is 2. The van der Waals surface area contributed by atoms with Crippen LogP contribution in [0.1, 0.15) is 31.1 Å². The highest BCUT2D eigenvalue weighted by molar-refractivity contribution is 5.90. The standard InChI is InChI=1S/C12H16FNO2/c1-12(2,3)14-8-5-6-9(10(13)7-8)11(15)16-4/h5-7,14H,1-4H3. The summed E-state index contributed by atoms with van der Waals surface area (Å²) in [5.74, 6) is -1.25. The molecule has 1 aromatic rings. The average molecular weight is 225 g/mol. The lowest BCUT2D eigenvalue weighted by Gasteiger charge is -2.22. The Balaban J connectivity index is 2.96. The summed E-state index contributed by atoms with van der Waals surface area (Å²) in [6, 6.07) is 4.35. The minimum atomic E-state index is -0.667. The second-order valence-corrected chi connectivity index (χ2v) is 4.56. The zero-order chi connectivity index (χ0) is 12.3. The van der Waals surface area contributed by atoms with Crippen molar-refractivity contribution in [3.63, 3.8) is 0 Å². The number of methoxy groups -OCH3 is 1. The molecular weight excluding hydrogens is 209 g/mol. The quantitative estimate of drug-likeness (QED) is 0.786. The Labute approximate surface area is 94.6 Å². The van der Waals surface area contributed by atoms with E-state index in [2.05, 4.69) is 10.1 Å². The maximum atomic E-state index is 13.5. The van der Waals surface area contributed by atoms with Crippen molar-refractivity contribution in [1.82, 2.24) is 0 Å². The van der Waals surface area contributed by atoms with E-state index in [1.165, 1.54) is 19.2 Å². The van der Waals surface area contributed by atoms with E-state index in [-0.39, 0.29) is 11.1 Å². The van der Waals surface area contributed by atoms with Crippen molar-refractivity contribution in [2.45, 2.75) is 26.3 Å². The van der Waals surface area contributed by atoms with Crippen LogP contribution in [0.25, 0.3) is 0 Å². The van der Waals surface area contributed by atoms with E-state index >= 15 is 0 Å². The fourth-order valence-corrected chi connectivity index (χ4v) is 1.30. The van der Waals surface area contributed by atoms with Gasteiger partial charge in [-0.25, -0.2) is 9.18 Å². The summed E-state index contributed by atoms with van der Waals surface area (Å²) in [7, 11) is 1.23. The monoisotopic (exact) mass is 225 g/mol. The number of ether oxygens (including phenoxy) is 1. The highest BCUT2D eigenvalue weighted by Gasteiger charge is 2.14. The maximum Gasteiger partial charge on any atom is 0.340 e. The lowest BCUT2D eigenvalue weighted by atomic mass is 10.1. The van der Waals surface area contributed by atoms with Crippen molar-refractivity contribution in [1.29, 1.82) is 0 Å². The van der Waals surface area contributed by atoms with Gasteiger partial charge in [-0.3, -0.25) is 0 Å². The van der Waals surface area contributed by atoms with Gasteiger partial charge in [0.2, 0.25) is 0 Å². The van der Waals surface area contributed by atoms with Crippen LogP contribution in [0.15, 0.2) is 18.2 Å². The molecule has 1 rings (SSSR count). The van der Waals surface area contributed by atoms with Crippen molar-refractivity contribution in [3.05, 3.63) is 29.6 Å². The fraction of sp³-hybridized carbons (Fsp3) is 0.417. The third-order valence-electron chi connectivity index (χ3n) is 1.89. The zero-order valence-electron chi connectivity index (χ0n) is 9.93. The number of benzene rings is 1. The zero-order valence-corrected chi connectivity index (χ0v) is 9.93. The number of hydrogen-bond acceptors (Lipinski definition) is 3. The summed E-state index contributed by atoms with van der Waals surface area (Å²) in [6.45, 7) is 5.91. The molecule has 0 amide bonds. The van der Waals surface area contributed by atoms with Crippen molar-refractivity contribution in [2.75, 3.05) is 12.4 Å². The number of nitrogens with one attached hydrogen (secondary N) is 1. The first-order chi connectivity index (χ1) is 7.33. The lowest BCUT2D eigenvalue weighted by Crippen LogP contribution is -2.26. The Morgan fingerprint density at radius 3 is 2.44 bits per heavy atom. The second-order valence-electron chi connectivity index (χ2n) is 4.56. The molecule has 0 aliphatic carbocycles. The van der Waals surface area contributed by atoms with Crippen molar-refractivity contribution in [3.8, 4) is 0 Å². The Kier molecular flexibility index (Phi) is 3.52. The van der Waals surface area contributed by atoms with Gasteiger partial charge in [0.1, 0.15) is 5.82 Å². The van der Waals surface area contributed by atoms with Crippen LogP contribution in [-0.2, 0) is 4.74 Å². The molecule has 0 aromatic heterocycles. The van der Waals surface area contributed by atoms with Gasteiger partial charge in [0.25, 0.3) is 0 Å². The normalized spacial score (nSPS) is 11.1. The number of halogens is 1. The molecule has 1 N–H and O–H groups in total. The maximum absolute atomic E-state index is 13.5. The molecule has 1 aromatic carbocycles. The van der Waals surface area contributed by atoms with Crippen LogP contribution in [0, 0.1) is 5.82 Å². The van der Waals surface area contributed by atoms with Gasteiger partial charge in [0, 0.05) is 11.2 Å². The van der Waals surface area contributed by atoms with Gasteiger partial charge >= 0.3 is 5.97 Å². The van der Waals surface area contributed by atoms with Crippen LogP contribution in [0.5, 0.6) is 0 Å². The van der Waals surface area contributed by atoms with E-state index in [4.69, 9.17) is 0 Å². The number of anilines is 1. The predicted molar refractivity (Wildman–Crippen MR) is 61.1 cm³/mol. The summed E-state index contributed by atoms with van der Waals surface area (Å²) in [4.78, 5) is 11.1. The number of carbonyl (C=O) groups is 1. The van der Waals surface area contributed by atoms with E-state index in [1.807, 2.05) is 20.8 Å². The van der Waals surface area contributed by atoms with Crippen LogP contribution < -0.4 is 5.32 Å². The largest absolute Gasteiger partial charge is 0.465 e. The van der Waals surface area contributed by atoms with Crippen LogP contribution in [0.3, 0.4) is 0 Å². The van der Waals surface area contributed by atoms with Crippen LogP contribution >= 0.6 is 0 Å². The molecule has 0 radical (unpaired) electrons. The molecule has 0 unspecified atom stereocenters. The molecule has 0 atom stereocenters. The molecule has 0 heterocycles. The summed E-state index contributed by atoms with van der Waals surface area (Å²) in [5, 5.41) is 3.11. The summed E-state index contributed by atoms with van der Waals surface area (Å²) < 4.78 is 18.0. The molecule has 0 aliphatic heterocycles. The van der Waals surface area contributed by atoms with Gasteiger partial charge in [-0.1, -0.05) is 0 Å². The molecule has 3 nitrogen and oxygen atoms in total. The topological polar surface area (TPSA) is 38.3 Å². The van der Waals surface area contributed by atoms with Crippen molar-refractivity contribution in [2.24, 2.45) is 0 Å². The number of esters is 1. The van der Waals surface area contributed by atoms with Gasteiger partial charge in [-0.05, 0) is 39.0 Å². The van der Waals surface area contributed by atoms with Crippen LogP contribution in [0.4, 0.5) is 10.1 Å². The highest BCUT2D eigenvalue weighted by Crippen LogP contribution is 2.18. The average Bonchev–Trinajstić information content (AvgIpc) is 2.14. The van der Waals surface area contributed by atoms with Crippen LogP contribution in [-0.4, -0.2) is 18.6 Å². The first-order valence-electron chi connectivity index (χ1n) is 4.99. The number of hydrogen-bond donors (Lipinski definition) is 1. The van der Waals surface area contributed by atoms with E-state index in [9.17, 15) is 9.18 Å². The Morgan fingerprint density at radius 2 is 2.00 bits per heavy atom. The van der Waals surface area contributed by atoms with Crippen molar-refractivity contribution < 1.29 is 13.9 Å². The summed E-state index contributed by atoms with van der Waals surface area (Å²) in [5.41, 5.74) is 0.429. The van der Waals surface area contributed by atoms with E-state index in [0.29, 0.717) is 5.69 Å². The highest BCUT2D eigenvalue weighted by atomic mass is 19.1. The van der Waals surface area contributed by atoms with E-state index < -0.39 is 11.8 Å². The Hall–Kier alpha value is -1.58. The smallest absolute Gasteiger partial charge is 0.340 e. The molecular formula is C12H16FNO2. The van der Waals surface area contributed by atoms with Crippen molar-refractivity contribution >= 4 is 11.7 Å². The molecule has 0 spiro atoms. The predicted octanol–water partition coefficient (Wildman–Crippen LogP) is 2.82.